The van der Waals surface area contributed by atoms with Crippen LogP contribution in [0.1, 0.15) is 45.1 Å². The fourth-order valence-electron chi connectivity index (χ4n) is 3.68. The lowest BCUT2D eigenvalue weighted by Crippen LogP contribution is -2.06. The highest BCUT2D eigenvalue weighted by Crippen LogP contribution is 2.32. The Balaban J connectivity index is 1.71. The fourth-order valence-corrected chi connectivity index (χ4v) is 4.78. The van der Waals surface area contributed by atoms with Crippen LogP contribution in [0.4, 0.5) is 0 Å². The number of carbonyl (C=O) groups excluding carboxylic acids is 1. The maximum Gasteiger partial charge on any atom is 0.346 e. The minimum Gasteiger partial charge on any atom is -0.426 e. The molecule has 0 N–H and O–H groups in total. The molecule has 0 aliphatic rings. The van der Waals surface area contributed by atoms with E-state index in [1.165, 1.54) is 24.7 Å². The Morgan fingerprint density at radius 3 is 2.64 bits per heavy atom. The van der Waals surface area contributed by atoms with Crippen LogP contribution in [-0.4, -0.2) is 11.0 Å². The molecule has 0 saturated heterocycles. The number of benzene rings is 2. The van der Waals surface area contributed by atoms with E-state index in [0.717, 1.165) is 52.4 Å². The van der Waals surface area contributed by atoms with Gasteiger partial charge in [0.15, 0.2) is 0 Å². The molecule has 2 aromatic carbocycles. The van der Waals surface area contributed by atoms with E-state index in [1.54, 1.807) is 6.07 Å². The highest BCUT2D eigenvalue weighted by molar-refractivity contribution is 9.10. The van der Waals surface area contributed by atoms with Crippen LogP contribution in [0.5, 0.6) is 5.75 Å². The number of aromatic nitrogens is 1. The van der Waals surface area contributed by atoms with Crippen LogP contribution in [0, 0.1) is 0 Å². The van der Waals surface area contributed by atoms with Gasteiger partial charge in [0.05, 0.1) is 11.3 Å². The van der Waals surface area contributed by atoms with E-state index in [1.807, 2.05) is 41.8 Å². The smallest absolute Gasteiger partial charge is 0.346 e. The first-order chi connectivity index (χ1) is 15.9. The van der Waals surface area contributed by atoms with Gasteiger partial charge in [-0.05, 0) is 42.7 Å². The topological polar surface area (TPSA) is 69.4 Å². The molecular weight excluding hydrogens is 502 g/mol. The Labute approximate surface area is 204 Å². The minimum atomic E-state index is -0.469. The number of unbranched alkanes of at least 4 members (excludes halogenated alkanes) is 3. The second kappa shape index (κ2) is 10.4. The zero-order chi connectivity index (χ0) is 23.4. The Kier molecular flexibility index (Phi) is 7.40. The monoisotopic (exact) mass is 525 g/mol. The van der Waals surface area contributed by atoms with E-state index < -0.39 is 11.6 Å². The number of halogens is 1. The number of hydrogen-bond donors (Lipinski definition) is 0. The molecule has 0 radical (unpaired) electrons. The molecule has 0 spiro atoms. The summed E-state index contributed by atoms with van der Waals surface area (Å²) in [5.41, 5.74) is 3.07. The van der Waals surface area contributed by atoms with Crippen LogP contribution in [0.15, 0.2) is 61.5 Å². The van der Waals surface area contributed by atoms with E-state index in [2.05, 4.69) is 27.8 Å². The first-order valence-corrected chi connectivity index (χ1v) is 12.6. The molecule has 2 aromatic heterocycles. The minimum absolute atomic E-state index is 0.391. The lowest BCUT2D eigenvalue weighted by atomic mass is 10.0. The summed E-state index contributed by atoms with van der Waals surface area (Å²) in [6, 6.07) is 13.3. The third-order valence-electron chi connectivity index (χ3n) is 5.34. The maximum absolute atomic E-state index is 12.8. The largest absolute Gasteiger partial charge is 0.426 e. The van der Waals surface area contributed by atoms with Crippen LogP contribution >= 0.6 is 27.3 Å². The van der Waals surface area contributed by atoms with Crippen molar-refractivity contribution in [2.75, 3.05) is 0 Å². The van der Waals surface area contributed by atoms with Crippen LogP contribution in [0.3, 0.4) is 0 Å². The molecule has 0 aliphatic carbocycles. The lowest BCUT2D eigenvalue weighted by Gasteiger charge is -2.11. The van der Waals surface area contributed by atoms with Crippen molar-refractivity contribution in [3.63, 3.8) is 0 Å². The lowest BCUT2D eigenvalue weighted by molar-refractivity contribution is -0.131. The number of fused-ring (bicyclic) bond motifs is 1. The molecular formula is C26H24BrNO4S. The van der Waals surface area contributed by atoms with Gasteiger partial charge in [-0.25, -0.2) is 9.78 Å². The van der Waals surface area contributed by atoms with Gasteiger partial charge in [-0.1, -0.05) is 54.2 Å². The van der Waals surface area contributed by atoms with Gasteiger partial charge in [0.2, 0.25) is 0 Å². The van der Waals surface area contributed by atoms with Crippen LogP contribution in [-0.2, 0) is 11.2 Å². The molecule has 0 amide bonds. The molecule has 0 unspecified atom stereocenters. The van der Waals surface area contributed by atoms with Gasteiger partial charge in [-0.2, -0.15) is 0 Å². The molecule has 0 atom stereocenters. The Morgan fingerprint density at radius 1 is 1.12 bits per heavy atom. The normalized spacial score (nSPS) is 11.1. The molecule has 4 rings (SSSR count). The average Bonchev–Trinajstić information content (AvgIpc) is 3.27. The predicted molar refractivity (Wildman–Crippen MR) is 136 cm³/mol. The zero-order valence-electron chi connectivity index (χ0n) is 18.5. The number of esters is 1. The molecule has 33 heavy (non-hydrogen) atoms. The summed E-state index contributed by atoms with van der Waals surface area (Å²) in [6.45, 7) is 3.54. The van der Waals surface area contributed by atoms with E-state index in [4.69, 9.17) is 9.15 Å². The number of rotatable bonds is 8. The third kappa shape index (κ3) is 5.60. The van der Waals surface area contributed by atoms with E-state index in [0.29, 0.717) is 21.9 Å². The van der Waals surface area contributed by atoms with Crippen molar-refractivity contribution in [1.82, 2.24) is 4.98 Å². The molecule has 170 valence electrons. The number of aryl methyl sites for hydroxylation is 1. The van der Waals surface area contributed by atoms with Crippen molar-refractivity contribution in [2.24, 2.45) is 0 Å². The first kappa shape index (κ1) is 23.4. The fraction of sp³-hybridized carbons (Fsp3) is 0.269. The van der Waals surface area contributed by atoms with E-state index in [9.17, 15) is 9.59 Å². The third-order valence-corrected chi connectivity index (χ3v) is 6.75. The quantitative estimate of drug-likeness (QED) is 0.104. The highest BCUT2D eigenvalue weighted by atomic mass is 79.9. The van der Waals surface area contributed by atoms with Gasteiger partial charge in [-0.15, -0.1) is 11.3 Å². The molecule has 4 aromatic rings. The van der Waals surface area contributed by atoms with Gasteiger partial charge in [0.1, 0.15) is 16.3 Å². The van der Waals surface area contributed by atoms with E-state index >= 15 is 0 Å². The summed E-state index contributed by atoms with van der Waals surface area (Å²) in [5.74, 6) is 0.0561. The molecule has 5 nitrogen and oxygen atoms in total. The van der Waals surface area contributed by atoms with Gasteiger partial charge in [0, 0.05) is 33.8 Å². The van der Waals surface area contributed by atoms with Gasteiger partial charge in [0.25, 0.3) is 0 Å². The Hall–Kier alpha value is -2.77. The summed E-state index contributed by atoms with van der Waals surface area (Å²) in [5, 5.41) is 3.33. The zero-order valence-corrected chi connectivity index (χ0v) is 20.9. The Bertz CT molecular complexity index is 1340. The van der Waals surface area contributed by atoms with Crippen molar-refractivity contribution in [3.05, 3.63) is 68.3 Å². The standard InChI is InChI=1S/C26H24BrNO4S/c1-3-4-5-6-7-18-12-19-13-21(26(30)32-24(19)14-23(18)31-16(2)29)25-28-22(15-33-25)17-8-10-20(27)11-9-17/h8-15H,3-7H2,1-2H3. The van der Waals surface area contributed by atoms with Crippen LogP contribution < -0.4 is 10.4 Å². The van der Waals surface area contributed by atoms with Gasteiger partial charge >= 0.3 is 11.6 Å². The van der Waals surface area contributed by atoms with Gasteiger partial charge in [-0.3, -0.25) is 4.79 Å². The van der Waals surface area contributed by atoms with Crippen LogP contribution in [0.25, 0.3) is 32.8 Å². The maximum atomic E-state index is 12.8. The number of carbonyl (C=O) groups is 1. The average molecular weight is 526 g/mol. The first-order valence-electron chi connectivity index (χ1n) is 11.0. The second-order valence-electron chi connectivity index (χ2n) is 7.89. The summed E-state index contributed by atoms with van der Waals surface area (Å²) < 4.78 is 12.0. The van der Waals surface area contributed by atoms with Crippen molar-refractivity contribution >= 4 is 44.2 Å². The summed E-state index contributed by atoms with van der Waals surface area (Å²) in [7, 11) is 0. The molecule has 0 bridgehead atoms. The highest BCUT2D eigenvalue weighted by Gasteiger charge is 2.16. The molecule has 0 aliphatic heterocycles. The SMILES string of the molecule is CCCCCCc1cc2cc(-c3nc(-c4ccc(Br)cc4)cs3)c(=O)oc2cc1OC(C)=O. The molecule has 2 heterocycles. The summed E-state index contributed by atoms with van der Waals surface area (Å²) in [6.07, 6.45) is 5.22. The van der Waals surface area contributed by atoms with Crippen molar-refractivity contribution in [2.45, 2.75) is 46.0 Å². The molecule has 0 saturated carbocycles. The van der Waals surface area contributed by atoms with Gasteiger partial charge < -0.3 is 9.15 Å². The predicted octanol–water partition coefficient (Wildman–Crippen LogP) is 7.39. The Morgan fingerprint density at radius 2 is 1.91 bits per heavy atom. The molecule has 0 fully saturated rings. The summed E-state index contributed by atoms with van der Waals surface area (Å²) >= 11 is 4.85. The van der Waals surface area contributed by atoms with E-state index in [-0.39, 0.29) is 0 Å². The van der Waals surface area contributed by atoms with Crippen LogP contribution in [0.2, 0.25) is 0 Å². The number of nitrogens with zero attached hydrogens (tertiary/aromatic N) is 1. The second-order valence-corrected chi connectivity index (χ2v) is 9.67. The van der Waals surface area contributed by atoms with Crippen molar-refractivity contribution < 1.29 is 13.9 Å². The summed E-state index contributed by atoms with van der Waals surface area (Å²) in [4.78, 5) is 29.0. The van der Waals surface area contributed by atoms with Crippen molar-refractivity contribution in [1.29, 1.82) is 0 Å². The van der Waals surface area contributed by atoms with Crippen molar-refractivity contribution in [3.8, 4) is 27.6 Å². The molecule has 7 heteroatoms. The number of hydrogen-bond acceptors (Lipinski definition) is 6. The number of ether oxygens (including phenoxy) is 1. The number of thiazole rings is 1.